The van der Waals surface area contributed by atoms with E-state index in [1.165, 1.54) is 35.0 Å². The van der Waals surface area contributed by atoms with Gasteiger partial charge in [-0.3, -0.25) is 0 Å². The van der Waals surface area contributed by atoms with Gasteiger partial charge in [0.1, 0.15) is 0 Å². The summed E-state index contributed by atoms with van der Waals surface area (Å²) in [4.78, 5) is 3.65. The number of aliphatic hydroxyl groups is 1. The highest BCUT2D eigenvalue weighted by Crippen LogP contribution is 2.34. The first-order valence-electron chi connectivity index (χ1n) is 8.78. The number of hydrogen-bond donors (Lipinski definition) is 3. The van der Waals surface area contributed by atoms with Crippen LogP contribution in [0.3, 0.4) is 0 Å². The third kappa shape index (κ3) is 2.68. The van der Waals surface area contributed by atoms with Crippen LogP contribution < -0.4 is 5.32 Å². The number of aryl methyl sites for hydroxylation is 1. The molecule has 3 nitrogen and oxygen atoms in total. The Morgan fingerprint density at radius 3 is 2.86 bits per heavy atom. The number of aliphatic hydroxyl groups excluding tert-OH is 1. The van der Waals surface area contributed by atoms with Crippen molar-refractivity contribution >= 4 is 10.9 Å². The zero-order valence-electron chi connectivity index (χ0n) is 13.1. The van der Waals surface area contributed by atoms with Gasteiger partial charge in [-0.15, -0.1) is 0 Å². The Kier molecular flexibility index (Phi) is 3.93. The molecule has 1 fully saturated rings. The molecule has 4 rings (SSSR count). The fourth-order valence-corrected chi connectivity index (χ4v) is 4.51. The minimum atomic E-state index is -0.0774. The number of aromatic nitrogens is 1. The Bertz CT molecular complexity index is 648. The largest absolute Gasteiger partial charge is 0.393 e. The molecule has 1 saturated carbocycles. The number of benzene rings is 1. The minimum Gasteiger partial charge on any atom is -0.393 e. The van der Waals surface area contributed by atoms with Crippen LogP contribution >= 0.6 is 0 Å². The molecule has 0 spiro atoms. The lowest BCUT2D eigenvalue weighted by molar-refractivity contribution is 0.0646. The van der Waals surface area contributed by atoms with Crippen LogP contribution in [0, 0.1) is 11.8 Å². The van der Waals surface area contributed by atoms with Crippen LogP contribution in [0.1, 0.15) is 36.9 Å². The van der Waals surface area contributed by atoms with Crippen molar-refractivity contribution in [2.45, 2.75) is 44.6 Å². The van der Waals surface area contributed by atoms with Gasteiger partial charge < -0.3 is 15.4 Å². The van der Waals surface area contributed by atoms with E-state index >= 15 is 0 Å². The summed E-state index contributed by atoms with van der Waals surface area (Å²) in [7, 11) is 0. The van der Waals surface area contributed by atoms with E-state index in [0.717, 1.165) is 44.7 Å². The monoisotopic (exact) mass is 298 g/mol. The smallest absolute Gasteiger partial charge is 0.0543 e. The molecule has 22 heavy (non-hydrogen) atoms. The molecule has 2 aromatic rings. The SMILES string of the molecule is OC1CCC2CNCCc3c([nH]c4ccccc34)CCC2C1. The molecule has 1 aromatic carbocycles. The van der Waals surface area contributed by atoms with Crippen LogP contribution in [0.25, 0.3) is 10.9 Å². The second-order valence-electron chi connectivity index (χ2n) is 7.11. The highest BCUT2D eigenvalue weighted by molar-refractivity contribution is 5.84. The molecule has 0 amide bonds. The molecule has 2 heterocycles. The molecule has 1 aliphatic carbocycles. The lowest BCUT2D eigenvalue weighted by Crippen LogP contribution is -2.36. The number of para-hydroxylation sites is 1. The van der Waals surface area contributed by atoms with Crippen molar-refractivity contribution in [3.63, 3.8) is 0 Å². The van der Waals surface area contributed by atoms with E-state index in [0.29, 0.717) is 5.92 Å². The molecular weight excluding hydrogens is 272 g/mol. The van der Waals surface area contributed by atoms with E-state index in [4.69, 9.17) is 0 Å². The summed E-state index contributed by atoms with van der Waals surface area (Å²) >= 11 is 0. The van der Waals surface area contributed by atoms with Gasteiger partial charge in [-0.05, 0) is 75.1 Å². The van der Waals surface area contributed by atoms with Crippen molar-refractivity contribution in [2.75, 3.05) is 13.1 Å². The second kappa shape index (κ2) is 6.05. The predicted octanol–water partition coefficient (Wildman–Crippen LogP) is 3.02. The first-order chi connectivity index (χ1) is 10.8. The van der Waals surface area contributed by atoms with Crippen LogP contribution in [0.15, 0.2) is 24.3 Å². The van der Waals surface area contributed by atoms with Gasteiger partial charge in [-0.25, -0.2) is 0 Å². The van der Waals surface area contributed by atoms with E-state index in [1.54, 1.807) is 0 Å². The van der Waals surface area contributed by atoms with Crippen molar-refractivity contribution in [3.05, 3.63) is 35.5 Å². The Balaban J connectivity index is 1.63. The van der Waals surface area contributed by atoms with Crippen molar-refractivity contribution in [3.8, 4) is 0 Å². The first-order valence-corrected chi connectivity index (χ1v) is 8.78. The first kappa shape index (κ1) is 14.3. The summed E-state index contributed by atoms with van der Waals surface area (Å²) < 4.78 is 0. The second-order valence-corrected chi connectivity index (χ2v) is 7.11. The Labute approximate surface area is 132 Å². The molecule has 2 aliphatic rings. The van der Waals surface area contributed by atoms with E-state index in [2.05, 4.69) is 34.6 Å². The zero-order chi connectivity index (χ0) is 14.9. The number of nitrogens with one attached hydrogen (secondary N) is 2. The molecule has 1 aliphatic heterocycles. The third-order valence-electron chi connectivity index (χ3n) is 5.74. The normalized spacial score (nSPS) is 29.8. The minimum absolute atomic E-state index is 0.0774. The summed E-state index contributed by atoms with van der Waals surface area (Å²) in [5, 5.41) is 15.1. The van der Waals surface area contributed by atoms with E-state index in [9.17, 15) is 5.11 Å². The molecule has 3 atom stereocenters. The summed E-state index contributed by atoms with van der Waals surface area (Å²) in [6.07, 6.45) is 6.51. The van der Waals surface area contributed by atoms with Crippen molar-refractivity contribution < 1.29 is 5.11 Å². The van der Waals surface area contributed by atoms with Crippen molar-refractivity contribution in [1.29, 1.82) is 0 Å². The molecule has 118 valence electrons. The Morgan fingerprint density at radius 1 is 1.00 bits per heavy atom. The number of hydrogen-bond acceptors (Lipinski definition) is 2. The molecule has 3 N–H and O–H groups in total. The van der Waals surface area contributed by atoms with Crippen molar-refractivity contribution in [1.82, 2.24) is 10.3 Å². The summed E-state index contributed by atoms with van der Waals surface area (Å²) in [6.45, 7) is 2.18. The Hall–Kier alpha value is -1.32. The van der Waals surface area contributed by atoms with Gasteiger partial charge in [-0.2, -0.15) is 0 Å². The summed E-state index contributed by atoms with van der Waals surface area (Å²) in [5.74, 6) is 1.41. The van der Waals surface area contributed by atoms with Gasteiger partial charge in [0.2, 0.25) is 0 Å². The molecule has 0 bridgehead atoms. The zero-order valence-corrected chi connectivity index (χ0v) is 13.1. The number of fused-ring (bicyclic) bond motifs is 4. The van der Waals surface area contributed by atoms with E-state index in [-0.39, 0.29) is 6.10 Å². The average Bonchev–Trinajstić information content (AvgIpc) is 2.89. The van der Waals surface area contributed by atoms with Crippen LogP contribution in [-0.4, -0.2) is 29.3 Å². The molecule has 3 heteroatoms. The number of H-pyrrole nitrogens is 1. The highest BCUT2D eigenvalue weighted by atomic mass is 16.3. The molecule has 1 aromatic heterocycles. The maximum Gasteiger partial charge on any atom is 0.0543 e. The average molecular weight is 298 g/mol. The van der Waals surface area contributed by atoms with Crippen LogP contribution in [0.5, 0.6) is 0 Å². The van der Waals surface area contributed by atoms with Gasteiger partial charge in [0.05, 0.1) is 6.10 Å². The topological polar surface area (TPSA) is 48.0 Å². The maximum atomic E-state index is 10.0. The Morgan fingerprint density at radius 2 is 1.91 bits per heavy atom. The maximum absolute atomic E-state index is 10.0. The van der Waals surface area contributed by atoms with E-state index in [1.807, 2.05) is 0 Å². The molecular formula is C19H26N2O. The lowest BCUT2D eigenvalue weighted by atomic mass is 9.75. The third-order valence-corrected chi connectivity index (χ3v) is 5.74. The quantitative estimate of drug-likeness (QED) is 0.700. The van der Waals surface area contributed by atoms with Crippen LogP contribution in [-0.2, 0) is 12.8 Å². The highest BCUT2D eigenvalue weighted by Gasteiger charge is 2.30. The van der Waals surface area contributed by atoms with Gasteiger partial charge in [0.25, 0.3) is 0 Å². The fourth-order valence-electron chi connectivity index (χ4n) is 4.51. The number of aromatic amines is 1. The van der Waals surface area contributed by atoms with E-state index < -0.39 is 0 Å². The molecule has 0 radical (unpaired) electrons. The predicted molar refractivity (Wildman–Crippen MR) is 90.0 cm³/mol. The van der Waals surface area contributed by atoms with Crippen molar-refractivity contribution in [2.24, 2.45) is 11.8 Å². The van der Waals surface area contributed by atoms with Gasteiger partial charge in [0, 0.05) is 16.6 Å². The summed E-state index contributed by atoms with van der Waals surface area (Å²) in [5.41, 5.74) is 4.19. The van der Waals surface area contributed by atoms with Crippen LogP contribution in [0.2, 0.25) is 0 Å². The van der Waals surface area contributed by atoms with Gasteiger partial charge in [-0.1, -0.05) is 18.2 Å². The molecule has 3 unspecified atom stereocenters. The van der Waals surface area contributed by atoms with Gasteiger partial charge >= 0.3 is 0 Å². The van der Waals surface area contributed by atoms with Gasteiger partial charge in [0.15, 0.2) is 0 Å². The standard InChI is InChI=1S/C19H26N2O/c22-15-7-5-14-12-20-10-9-17-16-3-1-2-4-18(16)21-19(17)8-6-13(14)11-15/h1-4,13-15,20-22H,5-12H2. The van der Waals surface area contributed by atoms with Crippen LogP contribution in [0.4, 0.5) is 0 Å². The molecule has 0 saturated heterocycles. The number of rotatable bonds is 0. The fraction of sp³-hybridized carbons (Fsp3) is 0.579. The summed E-state index contributed by atoms with van der Waals surface area (Å²) in [6, 6.07) is 8.67. The lowest BCUT2D eigenvalue weighted by Gasteiger charge is -2.35.